The van der Waals surface area contributed by atoms with Crippen LogP contribution in [0.4, 0.5) is 5.69 Å². The van der Waals surface area contributed by atoms with E-state index in [1.807, 2.05) is 31.2 Å². The largest absolute Gasteiger partial charge is 0.497 e. The molecule has 0 radical (unpaired) electrons. The summed E-state index contributed by atoms with van der Waals surface area (Å²) in [6.07, 6.45) is 1.93. The van der Waals surface area contributed by atoms with E-state index in [1.165, 1.54) is 0 Å². The van der Waals surface area contributed by atoms with Gasteiger partial charge in [-0.25, -0.2) is 0 Å². The molecule has 1 amide bonds. The lowest BCUT2D eigenvalue weighted by Gasteiger charge is -2.42. The molecular weight excluding hydrogens is 481 g/mol. The average molecular weight is 518 g/mol. The van der Waals surface area contributed by atoms with E-state index in [1.54, 1.807) is 19.1 Å². The number of benzene rings is 1. The van der Waals surface area contributed by atoms with Crippen LogP contribution in [0.5, 0.6) is 5.75 Å². The Morgan fingerprint density at radius 3 is 2.11 bits per heavy atom. The van der Waals surface area contributed by atoms with Gasteiger partial charge in [0.1, 0.15) is 5.75 Å². The normalized spacial score (nSPS) is 12.8. The standard InChI is InChI=1S/C22H36INO3Si/c1-15(2)28(16(3)4,17(5)6)27-13-12-18(7)22(25)24(8)21-11-10-19(26-9)14-20(21)23/h10-12,14-17H,13H2,1-9H3/b18-12-. The van der Waals surface area contributed by atoms with Crippen LogP contribution in [0.15, 0.2) is 29.8 Å². The predicted molar refractivity (Wildman–Crippen MR) is 130 cm³/mol. The highest BCUT2D eigenvalue weighted by molar-refractivity contribution is 14.1. The fourth-order valence-electron chi connectivity index (χ4n) is 4.16. The highest BCUT2D eigenvalue weighted by Crippen LogP contribution is 2.42. The minimum absolute atomic E-state index is 0.0161. The summed E-state index contributed by atoms with van der Waals surface area (Å²) < 4.78 is 12.8. The molecule has 0 spiro atoms. The number of halogens is 1. The third kappa shape index (κ3) is 5.60. The summed E-state index contributed by atoms with van der Waals surface area (Å²) in [5.74, 6) is 0.768. The lowest BCUT2D eigenvalue weighted by molar-refractivity contribution is -0.114. The molecule has 0 atom stereocenters. The average Bonchev–Trinajstić information content (AvgIpc) is 2.62. The van der Waals surface area contributed by atoms with E-state index in [4.69, 9.17) is 9.16 Å². The fourth-order valence-corrected chi connectivity index (χ4v) is 10.4. The molecule has 0 saturated heterocycles. The summed E-state index contributed by atoms with van der Waals surface area (Å²) in [5, 5.41) is 0. The van der Waals surface area contributed by atoms with Gasteiger partial charge in [-0.05, 0) is 64.3 Å². The molecule has 0 heterocycles. The van der Waals surface area contributed by atoms with Crippen LogP contribution in [-0.4, -0.2) is 35.0 Å². The van der Waals surface area contributed by atoms with Gasteiger partial charge in [-0.15, -0.1) is 0 Å². The maximum atomic E-state index is 12.9. The Labute approximate surface area is 185 Å². The molecule has 28 heavy (non-hydrogen) atoms. The molecule has 0 bridgehead atoms. The molecule has 0 unspecified atom stereocenters. The van der Waals surface area contributed by atoms with Gasteiger partial charge < -0.3 is 14.1 Å². The van der Waals surface area contributed by atoms with Gasteiger partial charge in [0.25, 0.3) is 5.91 Å². The number of carbonyl (C=O) groups is 1. The highest BCUT2D eigenvalue weighted by Gasteiger charge is 2.44. The molecule has 4 nitrogen and oxygen atoms in total. The third-order valence-electron chi connectivity index (χ3n) is 5.59. The van der Waals surface area contributed by atoms with Crippen LogP contribution in [0.3, 0.4) is 0 Å². The van der Waals surface area contributed by atoms with Crippen molar-refractivity contribution in [2.45, 2.75) is 65.1 Å². The van der Waals surface area contributed by atoms with Gasteiger partial charge in [0, 0.05) is 16.2 Å². The smallest absolute Gasteiger partial charge is 0.253 e. The van der Waals surface area contributed by atoms with Crippen molar-refractivity contribution in [2.75, 3.05) is 25.7 Å². The summed E-state index contributed by atoms with van der Waals surface area (Å²) in [6.45, 7) is 16.0. The van der Waals surface area contributed by atoms with E-state index in [2.05, 4.69) is 64.1 Å². The molecule has 0 aromatic heterocycles. The molecule has 0 saturated carbocycles. The maximum absolute atomic E-state index is 12.9. The Hall–Kier alpha value is -0.863. The molecule has 1 aromatic rings. The van der Waals surface area contributed by atoms with Crippen molar-refractivity contribution < 1.29 is 14.0 Å². The Morgan fingerprint density at radius 1 is 1.14 bits per heavy atom. The van der Waals surface area contributed by atoms with Gasteiger partial charge >= 0.3 is 0 Å². The molecule has 0 fully saturated rings. The van der Waals surface area contributed by atoms with Crippen LogP contribution >= 0.6 is 22.6 Å². The first-order valence-electron chi connectivity index (χ1n) is 9.91. The zero-order valence-corrected chi connectivity index (χ0v) is 22.0. The first-order valence-corrected chi connectivity index (χ1v) is 13.1. The molecule has 158 valence electrons. The third-order valence-corrected chi connectivity index (χ3v) is 12.5. The van der Waals surface area contributed by atoms with Crippen LogP contribution in [0, 0.1) is 3.57 Å². The zero-order chi connectivity index (χ0) is 21.6. The SMILES string of the molecule is COc1ccc(N(C)C(=O)/C(C)=C\CO[Si](C(C)C)(C(C)C)C(C)C)c(I)c1. The van der Waals surface area contributed by atoms with E-state index in [0.717, 1.165) is 15.0 Å². The topological polar surface area (TPSA) is 38.8 Å². The van der Waals surface area contributed by atoms with Gasteiger partial charge in [0.2, 0.25) is 8.32 Å². The van der Waals surface area contributed by atoms with Crippen molar-refractivity contribution in [3.8, 4) is 5.75 Å². The van der Waals surface area contributed by atoms with Gasteiger partial charge in [-0.3, -0.25) is 4.79 Å². The van der Waals surface area contributed by atoms with Crippen molar-refractivity contribution in [3.05, 3.63) is 33.4 Å². The van der Waals surface area contributed by atoms with Crippen molar-refractivity contribution in [1.29, 1.82) is 0 Å². The summed E-state index contributed by atoms with van der Waals surface area (Å²) in [5.41, 5.74) is 3.16. The maximum Gasteiger partial charge on any atom is 0.253 e. The molecule has 0 aliphatic carbocycles. The number of rotatable bonds is 9. The van der Waals surface area contributed by atoms with Crippen LogP contribution in [0.1, 0.15) is 48.5 Å². The van der Waals surface area contributed by atoms with E-state index in [-0.39, 0.29) is 5.91 Å². The molecule has 1 rings (SSSR count). The molecule has 1 aromatic carbocycles. The molecule has 0 aliphatic heterocycles. The second-order valence-corrected chi connectivity index (χ2v) is 14.8. The number of nitrogens with zero attached hydrogens (tertiary/aromatic N) is 1. The molecule has 0 N–H and O–H groups in total. The minimum Gasteiger partial charge on any atom is -0.497 e. The number of ether oxygens (including phenoxy) is 1. The number of carbonyl (C=O) groups excluding carboxylic acids is 1. The van der Waals surface area contributed by atoms with Crippen LogP contribution in [-0.2, 0) is 9.22 Å². The van der Waals surface area contributed by atoms with Crippen molar-refractivity contribution in [2.24, 2.45) is 0 Å². The number of anilines is 1. The fraction of sp³-hybridized carbons (Fsp3) is 0.591. The number of hydrogen-bond donors (Lipinski definition) is 0. The van der Waals surface area contributed by atoms with Gasteiger partial charge in [0.15, 0.2) is 0 Å². The number of methoxy groups -OCH3 is 1. The van der Waals surface area contributed by atoms with Crippen molar-refractivity contribution in [3.63, 3.8) is 0 Å². The van der Waals surface area contributed by atoms with E-state index in [9.17, 15) is 4.79 Å². The van der Waals surface area contributed by atoms with Gasteiger partial charge in [0.05, 0.1) is 19.4 Å². The zero-order valence-electron chi connectivity index (χ0n) is 18.8. The van der Waals surface area contributed by atoms with Crippen LogP contribution in [0.2, 0.25) is 16.6 Å². The molecule has 6 heteroatoms. The lowest BCUT2D eigenvalue weighted by atomic mass is 10.2. The Balaban J connectivity index is 2.94. The second-order valence-electron chi connectivity index (χ2n) is 8.20. The molecule has 0 aliphatic rings. The quantitative estimate of drug-likeness (QED) is 0.216. The van der Waals surface area contributed by atoms with Crippen molar-refractivity contribution in [1.82, 2.24) is 0 Å². The van der Waals surface area contributed by atoms with Gasteiger partial charge in [-0.1, -0.05) is 47.6 Å². The van der Waals surface area contributed by atoms with E-state index >= 15 is 0 Å². The summed E-state index contributed by atoms with van der Waals surface area (Å²) in [7, 11) is 1.52. The summed E-state index contributed by atoms with van der Waals surface area (Å²) >= 11 is 2.23. The summed E-state index contributed by atoms with van der Waals surface area (Å²) in [4.78, 5) is 14.6. The van der Waals surface area contributed by atoms with Crippen molar-refractivity contribution >= 4 is 42.5 Å². The Kier molecular flexibility index (Phi) is 9.69. The van der Waals surface area contributed by atoms with Gasteiger partial charge in [-0.2, -0.15) is 0 Å². The monoisotopic (exact) mass is 517 g/mol. The number of likely N-dealkylation sites (N-methyl/N-ethyl adjacent to an activating group) is 1. The highest BCUT2D eigenvalue weighted by atomic mass is 127. The second kappa shape index (κ2) is 10.8. The first kappa shape index (κ1) is 25.2. The minimum atomic E-state index is -1.92. The first-order chi connectivity index (χ1) is 13.0. The van der Waals surface area contributed by atoms with E-state index < -0.39 is 8.32 Å². The lowest BCUT2D eigenvalue weighted by Crippen LogP contribution is -2.47. The number of hydrogen-bond acceptors (Lipinski definition) is 3. The summed E-state index contributed by atoms with van der Waals surface area (Å²) in [6, 6.07) is 5.71. The predicted octanol–water partition coefficient (Wildman–Crippen LogP) is 6.40. The molecular formula is C22H36INO3Si. The van der Waals surface area contributed by atoms with Crippen LogP contribution in [0.25, 0.3) is 0 Å². The van der Waals surface area contributed by atoms with E-state index in [0.29, 0.717) is 28.8 Å². The Bertz CT molecular complexity index is 679. The number of amides is 1. The van der Waals surface area contributed by atoms with Crippen LogP contribution < -0.4 is 9.64 Å². The Morgan fingerprint density at radius 2 is 1.68 bits per heavy atom.